The van der Waals surface area contributed by atoms with Crippen molar-refractivity contribution in [1.82, 2.24) is 4.90 Å². The normalized spacial score (nSPS) is 35.6. The number of hydrogen-bond acceptors (Lipinski definition) is 4. The number of aliphatic hydroxyl groups is 2. The average molecular weight is 215 g/mol. The van der Waals surface area contributed by atoms with Gasteiger partial charge in [-0.25, -0.2) is 0 Å². The van der Waals surface area contributed by atoms with Gasteiger partial charge in [0.25, 0.3) is 0 Å². The fourth-order valence-corrected chi connectivity index (χ4v) is 2.60. The molecule has 0 saturated carbocycles. The van der Waals surface area contributed by atoms with Gasteiger partial charge in [0.15, 0.2) is 0 Å². The van der Waals surface area contributed by atoms with Crippen LogP contribution in [0.1, 0.15) is 19.3 Å². The van der Waals surface area contributed by atoms with Crippen LogP contribution in [0.15, 0.2) is 0 Å². The quantitative estimate of drug-likeness (QED) is 0.672. The molecule has 0 bridgehead atoms. The van der Waals surface area contributed by atoms with Crippen molar-refractivity contribution in [2.24, 2.45) is 5.92 Å². The van der Waals surface area contributed by atoms with Crippen LogP contribution in [-0.2, 0) is 4.74 Å². The molecule has 2 fully saturated rings. The van der Waals surface area contributed by atoms with Gasteiger partial charge in [-0.3, -0.25) is 4.90 Å². The summed E-state index contributed by atoms with van der Waals surface area (Å²) in [6.07, 6.45) is 2.72. The molecule has 2 heterocycles. The molecule has 2 aliphatic heterocycles. The van der Waals surface area contributed by atoms with E-state index in [4.69, 9.17) is 9.84 Å². The summed E-state index contributed by atoms with van der Waals surface area (Å²) in [5, 5.41) is 18.9. The minimum atomic E-state index is -0.329. The van der Waals surface area contributed by atoms with Gasteiger partial charge in [-0.05, 0) is 38.3 Å². The van der Waals surface area contributed by atoms with Crippen molar-refractivity contribution in [3.63, 3.8) is 0 Å². The number of hydrogen-bond donors (Lipinski definition) is 2. The summed E-state index contributed by atoms with van der Waals surface area (Å²) >= 11 is 0. The van der Waals surface area contributed by atoms with Crippen LogP contribution >= 0.6 is 0 Å². The van der Waals surface area contributed by atoms with Gasteiger partial charge in [-0.15, -0.1) is 0 Å². The second-order valence-corrected chi connectivity index (χ2v) is 4.66. The van der Waals surface area contributed by atoms with E-state index in [1.165, 1.54) is 0 Å². The maximum atomic E-state index is 9.83. The Labute approximate surface area is 90.8 Å². The summed E-state index contributed by atoms with van der Waals surface area (Å²) in [5.41, 5.74) is 0. The third kappa shape index (κ3) is 2.69. The predicted octanol–water partition coefficient (Wildman–Crippen LogP) is -0.160. The Morgan fingerprint density at radius 2 is 1.93 bits per heavy atom. The molecule has 4 heteroatoms. The molecule has 0 amide bonds. The van der Waals surface area contributed by atoms with Gasteiger partial charge in [0.05, 0.1) is 12.7 Å². The highest BCUT2D eigenvalue weighted by molar-refractivity contribution is 4.85. The molecule has 2 rings (SSSR count). The Morgan fingerprint density at radius 1 is 1.20 bits per heavy atom. The van der Waals surface area contributed by atoms with Crippen LogP contribution in [-0.4, -0.2) is 60.2 Å². The zero-order chi connectivity index (χ0) is 10.7. The Morgan fingerprint density at radius 3 is 2.53 bits per heavy atom. The van der Waals surface area contributed by atoms with Crippen molar-refractivity contribution in [2.75, 3.05) is 32.9 Å². The van der Waals surface area contributed by atoms with Gasteiger partial charge in [0.2, 0.25) is 0 Å². The zero-order valence-corrected chi connectivity index (χ0v) is 9.14. The van der Waals surface area contributed by atoms with Crippen LogP contribution in [0.4, 0.5) is 0 Å². The third-order valence-corrected chi connectivity index (χ3v) is 3.67. The second-order valence-electron chi connectivity index (χ2n) is 4.66. The number of likely N-dealkylation sites (tertiary alicyclic amines) is 1. The lowest BCUT2D eigenvalue weighted by molar-refractivity contribution is -0.0722. The number of piperidine rings is 1. The maximum absolute atomic E-state index is 9.83. The van der Waals surface area contributed by atoms with E-state index in [1.807, 2.05) is 0 Å². The molecule has 0 aliphatic carbocycles. The van der Waals surface area contributed by atoms with Crippen molar-refractivity contribution in [3.05, 3.63) is 0 Å². The van der Waals surface area contributed by atoms with Crippen molar-refractivity contribution in [1.29, 1.82) is 0 Å². The summed E-state index contributed by atoms with van der Waals surface area (Å²) in [6.45, 7) is 3.57. The monoisotopic (exact) mass is 215 g/mol. The highest BCUT2D eigenvalue weighted by Gasteiger charge is 2.31. The van der Waals surface area contributed by atoms with Crippen LogP contribution in [0, 0.1) is 5.92 Å². The van der Waals surface area contributed by atoms with Crippen molar-refractivity contribution in [3.8, 4) is 0 Å². The lowest BCUT2D eigenvalue weighted by atomic mass is 9.94. The van der Waals surface area contributed by atoms with Gasteiger partial charge < -0.3 is 14.9 Å². The molecule has 0 aromatic rings. The fraction of sp³-hybridized carbons (Fsp3) is 1.00. The van der Waals surface area contributed by atoms with Gasteiger partial charge in [-0.1, -0.05) is 0 Å². The minimum absolute atomic E-state index is 0.276. The number of rotatable bonds is 2. The lowest BCUT2D eigenvalue weighted by Gasteiger charge is -2.41. The van der Waals surface area contributed by atoms with E-state index in [0.29, 0.717) is 19.1 Å². The van der Waals surface area contributed by atoms with E-state index in [0.717, 1.165) is 39.0 Å². The maximum Gasteiger partial charge on any atom is 0.0929 e. The average Bonchev–Trinajstić information content (AvgIpc) is 2.30. The summed E-state index contributed by atoms with van der Waals surface area (Å²) in [7, 11) is 0. The first kappa shape index (κ1) is 11.3. The summed E-state index contributed by atoms with van der Waals surface area (Å²) in [4.78, 5) is 2.36. The van der Waals surface area contributed by atoms with Crippen LogP contribution in [0.3, 0.4) is 0 Å². The first-order valence-corrected chi connectivity index (χ1v) is 5.92. The molecule has 4 nitrogen and oxygen atoms in total. The van der Waals surface area contributed by atoms with Crippen molar-refractivity contribution < 1.29 is 14.9 Å². The van der Waals surface area contributed by atoms with Crippen LogP contribution in [0.5, 0.6) is 0 Å². The molecule has 2 N–H and O–H groups in total. The molecule has 0 aromatic carbocycles. The fourth-order valence-electron chi connectivity index (χ4n) is 2.60. The highest BCUT2D eigenvalue weighted by atomic mass is 16.5. The molecule has 0 aromatic heterocycles. The highest BCUT2D eigenvalue weighted by Crippen LogP contribution is 2.22. The van der Waals surface area contributed by atoms with Gasteiger partial charge in [0.1, 0.15) is 0 Å². The molecule has 2 atom stereocenters. The largest absolute Gasteiger partial charge is 0.396 e. The van der Waals surface area contributed by atoms with Gasteiger partial charge >= 0.3 is 0 Å². The smallest absolute Gasteiger partial charge is 0.0929 e. The second kappa shape index (κ2) is 5.25. The van der Waals surface area contributed by atoms with Crippen LogP contribution < -0.4 is 0 Å². The van der Waals surface area contributed by atoms with Crippen LogP contribution in [0.25, 0.3) is 0 Å². The van der Waals surface area contributed by atoms with Crippen molar-refractivity contribution in [2.45, 2.75) is 31.4 Å². The van der Waals surface area contributed by atoms with E-state index in [1.54, 1.807) is 0 Å². The molecule has 2 unspecified atom stereocenters. The number of ether oxygens (including phenoxy) is 1. The topological polar surface area (TPSA) is 52.9 Å². The molecule has 0 radical (unpaired) electrons. The zero-order valence-electron chi connectivity index (χ0n) is 9.14. The summed E-state index contributed by atoms with van der Waals surface area (Å²) < 4.78 is 5.23. The van der Waals surface area contributed by atoms with Crippen molar-refractivity contribution >= 4 is 0 Å². The summed E-state index contributed by atoms with van der Waals surface area (Å²) in [5.74, 6) is 0.471. The molecule has 2 saturated heterocycles. The lowest BCUT2D eigenvalue weighted by Crippen LogP contribution is -2.51. The molecule has 0 spiro atoms. The first-order valence-electron chi connectivity index (χ1n) is 5.92. The standard InChI is InChI=1S/C11H21NO3/c13-7-9-1-4-12(5-2-9)10-3-6-15-8-11(10)14/h9-11,13-14H,1-8H2. The minimum Gasteiger partial charge on any atom is -0.396 e. The Balaban J connectivity index is 1.83. The first-order chi connectivity index (χ1) is 7.31. The third-order valence-electron chi connectivity index (χ3n) is 3.67. The van der Waals surface area contributed by atoms with Gasteiger partial charge in [0, 0.05) is 19.3 Å². The van der Waals surface area contributed by atoms with Crippen LogP contribution in [0.2, 0.25) is 0 Å². The Kier molecular flexibility index (Phi) is 3.97. The van der Waals surface area contributed by atoms with E-state index in [9.17, 15) is 5.11 Å². The SMILES string of the molecule is OCC1CCN(C2CCOCC2O)CC1. The van der Waals surface area contributed by atoms with E-state index in [-0.39, 0.29) is 12.1 Å². The number of nitrogens with zero attached hydrogens (tertiary/aromatic N) is 1. The van der Waals surface area contributed by atoms with E-state index >= 15 is 0 Å². The Bertz CT molecular complexity index is 192. The predicted molar refractivity (Wildman–Crippen MR) is 56.6 cm³/mol. The molecule has 2 aliphatic rings. The Hall–Kier alpha value is -0.160. The number of aliphatic hydroxyl groups excluding tert-OH is 2. The molecular weight excluding hydrogens is 194 g/mol. The molecular formula is C11H21NO3. The van der Waals surface area contributed by atoms with Gasteiger partial charge in [-0.2, -0.15) is 0 Å². The molecule has 88 valence electrons. The summed E-state index contributed by atoms with van der Waals surface area (Å²) in [6, 6.07) is 0.276. The van der Waals surface area contributed by atoms with E-state index in [2.05, 4.69) is 4.90 Å². The van der Waals surface area contributed by atoms with E-state index < -0.39 is 0 Å². The molecule has 15 heavy (non-hydrogen) atoms.